The lowest BCUT2D eigenvalue weighted by molar-refractivity contribution is 1.32. The fourth-order valence-corrected chi connectivity index (χ4v) is 1.82. The first-order chi connectivity index (χ1) is 9.60. The molecule has 0 unspecified atom stereocenters. The van der Waals surface area contributed by atoms with E-state index in [9.17, 15) is 0 Å². The largest absolute Gasteiger partial charge is 0.340 e. The molecule has 0 fully saturated rings. The molecule has 0 heterocycles. The number of allylic oxidation sites excluding steroid dienone is 5. The average Bonchev–Trinajstić information content (AvgIpc) is 2.41. The van der Waals surface area contributed by atoms with Crippen molar-refractivity contribution in [1.82, 2.24) is 0 Å². The molecule has 1 rings (SSSR count). The van der Waals surface area contributed by atoms with E-state index in [2.05, 4.69) is 35.6 Å². The van der Waals surface area contributed by atoms with Gasteiger partial charge in [0.1, 0.15) is 5.82 Å². The van der Waals surface area contributed by atoms with E-state index in [0.717, 1.165) is 22.4 Å². The van der Waals surface area contributed by atoms with E-state index < -0.39 is 0 Å². The molecule has 0 amide bonds. The molecule has 0 atom stereocenters. The van der Waals surface area contributed by atoms with E-state index in [1.165, 1.54) is 0 Å². The first-order valence-corrected chi connectivity index (χ1v) is 6.63. The van der Waals surface area contributed by atoms with Gasteiger partial charge in [0.05, 0.1) is 0 Å². The van der Waals surface area contributed by atoms with Crippen LogP contribution in [-0.4, -0.2) is 6.21 Å². The fraction of sp³-hybridized carbons (Fsp3) is 0.167. The minimum atomic E-state index is 0.618. The third-order valence-electron chi connectivity index (χ3n) is 2.70. The molecule has 104 valence electrons. The van der Waals surface area contributed by atoms with Crippen LogP contribution in [0.2, 0.25) is 0 Å². The third-order valence-corrected chi connectivity index (χ3v) is 2.70. The van der Waals surface area contributed by atoms with E-state index in [0.29, 0.717) is 5.82 Å². The van der Waals surface area contributed by atoms with Crippen molar-refractivity contribution in [3.05, 3.63) is 72.6 Å². The lowest BCUT2D eigenvalue weighted by atomic mass is 9.97. The van der Waals surface area contributed by atoms with Gasteiger partial charge < -0.3 is 5.32 Å². The lowest BCUT2D eigenvalue weighted by Gasteiger charge is -2.14. The van der Waals surface area contributed by atoms with Crippen LogP contribution in [0, 0.1) is 0 Å². The Hall–Kier alpha value is -2.35. The predicted molar refractivity (Wildman–Crippen MR) is 91.0 cm³/mol. The number of aliphatic imine (C=N–C) groups is 1. The second kappa shape index (κ2) is 7.95. The average molecular weight is 266 g/mol. The molecular weight excluding hydrogens is 244 g/mol. The summed E-state index contributed by atoms with van der Waals surface area (Å²) in [6, 6.07) is 8.08. The Morgan fingerprint density at radius 3 is 2.50 bits per heavy atom. The maximum Gasteiger partial charge on any atom is 0.122 e. The number of hydrogen-bond donors (Lipinski definition) is 1. The smallest absolute Gasteiger partial charge is 0.122 e. The number of nitrogens with one attached hydrogen (secondary N) is 1. The number of rotatable bonds is 6. The first-order valence-electron chi connectivity index (χ1n) is 6.63. The molecule has 0 bridgehead atoms. The zero-order chi connectivity index (χ0) is 15.0. The van der Waals surface area contributed by atoms with Crippen LogP contribution in [0.4, 0.5) is 5.69 Å². The van der Waals surface area contributed by atoms with E-state index >= 15 is 0 Å². The monoisotopic (exact) mass is 266 g/mol. The summed E-state index contributed by atoms with van der Waals surface area (Å²) < 4.78 is 0. The van der Waals surface area contributed by atoms with Crippen LogP contribution in [0.5, 0.6) is 0 Å². The standard InChI is InChI=1S/C18H22N2/c1-6-8-11-16(14(3)4)17-12-9-10-13-18(17)20-15(5)19-7-2/h6-13,20H,3,5H2,1-2,4H3/b8-6-,16-11?,19-7-. The SMILES string of the molecule is C=C(/N=C\C)Nc1ccccc1C(=C/C=C\C)C(=C)C. The van der Waals surface area contributed by atoms with E-state index in [-0.39, 0.29) is 0 Å². The van der Waals surface area contributed by atoms with Gasteiger partial charge in [-0.2, -0.15) is 0 Å². The van der Waals surface area contributed by atoms with Crippen LogP contribution in [0.15, 0.2) is 72.0 Å². The second-order valence-corrected chi connectivity index (χ2v) is 4.39. The Balaban J connectivity index is 3.23. The van der Waals surface area contributed by atoms with Crippen LogP contribution >= 0.6 is 0 Å². The summed E-state index contributed by atoms with van der Waals surface area (Å²) in [6.07, 6.45) is 7.79. The van der Waals surface area contributed by atoms with Crippen molar-refractivity contribution in [3.63, 3.8) is 0 Å². The van der Waals surface area contributed by atoms with Crippen molar-refractivity contribution in [1.29, 1.82) is 0 Å². The van der Waals surface area contributed by atoms with Gasteiger partial charge in [-0.3, -0.25) is 0 Å². The molecule has 1 aromatic carbocycles. The molecule has 0 saturated heterocycles. The summed E-state index contributed by atoms with van der Waals surface area (Å²) in [5.74, 6) is 0.618. The zero-order valence-corrected chi connectivity index (χ0v) is 12.5. The highest BCUT2D eigenvalue weighted by atomic mass is 15.0. The minimum Gasteiger partial charge on any atom is -0.340 e. The minimum absolute atomic E-state index is 0.618. The van der Waals surface area contributed by atoms with Gasteiger partial charge in [-0.15, -0.1) is 0 Å². The zero-order valence-electron chi connectivity index (χ0n) is 12.5. The summed E-state index contributed by atoms with van der Waals surface area (Å²) in [5, 5.41) is 3.22. The maximum atomic E-state index is 4.14. The van der Waals surface area contributed by atoms with Crippen molar-refractivity contribution in [2.45, 2.75) is 20.8 Å². The maximum absolute atomic E-state index is 4.14. The van der Waals surface area contributed by atoms with E-state index in [4.69, 9.17) is 0 Å². The Bertz CT molecular complexity index is 575. The molecule has 1 N–H and O–H groups in total. The van der Waals surface area contributed by atoms with Crippen molar-refractivity contribution >= 4 is 17.5 Å². The van der Waals surface area contributed by atoms with Crippen molar-refractivity contribution in [3.8, 4) is 0 Å². The highest BCUT2D eigenvalue weighted by molar-refractivity contribution is 5.86. The molecule has 20 heavy (non-hydrogen) atoms. The van der Waals surface area contributed by atoms with Gasteiger partial charge in [-0.05, 0) is 32.4 Å². The number of anilines is 1. The van der Waals surface area contributed by atoms with Crippen molar-refractivity contribution < 1.29 is 0 Å². The molecule has 0 spiro atoms. The number of benzene rings is 1. The Labute approximate surface area is 121 Å². The summed E-state index contributed by atoms with van der Waals surface area (Å²) >= 11 is 0. The molecule has 0 saturated carbocycles. The third kappa shape index (κ3) is 4.39. The van der Waals surface area contributed by atoms with Crippen molar-refractivity contribution in [2.24, 2.45) is 4.99 Å². The number of para-hydroxylation sites is 1. The highest BCUT2D eigenvalue weighted by Crippen LogP contribution is 2.29. The molecule has 0 aromatic heterocycles. The number of hydrogen-bond acceptors (Lipinski definition) is 2. The van der Waals surface area contributed by atoms with Gasteiger partial charge in [0.2, 0.25) is 0 Å². The second-order valence-electron chi connectivity index (χ2n) is 4.39. The highest BCUT2D eigenvalue weighted by Gasteiger charge is 2.07. The van der Waals surface area contributed by atoms with Gasteiger partial charge in [-0.1, -0.05) is 55.2 Å². The van der Waals surface area contributed by atoms with Crippen LogP contribution in [0.25, 0.3) is 5.57 Å². The number of nitrogens with zero attached hydrogens (tertiary/aromatic N) is 1. The van der Waals surface area contributed by atoms with Crippen LogP contribution in [-0.2, 0) is 0 Å². The normalized spacial score (nSPS) is 12.1. The predicted octanol–water partition coefficient (Wildman–Crippen LogP) is 5.20. The fourth-order valence-electron chi connectivity index (χ4n) is 1.82. The van der Waals surface area contributed by atoms with Gasteiger partial charge in [0.15, 0.2) is 0 Å². The van der Waals surface area contributed by atoms with Crippen molar-refractivity contribution in [2.75, 3.05) is 5.32 Å². The first kappa shape index (κ1) is 15.7. The van der Waals surface area contributed by atoms with E-state index in [1.807, 2.05) is 51.1 Å². The van der Waals surface area contributed by atoms with Gasteiger partial charge in [0.25, 0.3) is 0 Å². The van der Waals surface area contributed by atoms with Crippen LogP contribution in [0.3, 0.4) is 0 Å². The van der Waals surface area contributed by atoms with Gasteiger partial charge in [0, 0.05) is 17.5 Å². The van der Waals surface area contributed by atoms with Crippen LogP contribution < -0.4 is 5.32 Å². The molecule has 0 aliphatic carbocycles. The molecule has 2 heteroatoms. The van der Waals surface area contributed by atoms with Gasteiger partial charge in [-0.25, -0.2) is 4.99 Å². The molecule has 0 aliphatic rings. The Morgan fingerprint density at radius 2 is 1.90 bits per heavy atom. The molecule has 0 aliphatic heterocycles. The quantitative estimate of drug-likeness (QED) is 0.555. The van der Waals surface area contributed by atoms with Crippen LogP contribution in [0.1, 0.15) is 26.3 Å². The topological polar surface area (TPSA) is 24.4 Å². The molecule has 1 aromatic rings. The Morgan fingerprint density at radius 1 is 1.20 bits per heavy atom. The summed E-state index contributed by atoms with van der Waals surface area (Å²) in [4.78, 5) is 4.14. The summed E-state index contributed by atoms with van der Waals surface area (Å²) in [7, 11) is 0. The summed E-state index contributed by atoms with van der Waals surface area (Å²) in [6.45, 7) is 13.8. The Kier molecular flexibility index (Phi) is 6.24. The van der Waals surface area contributed by atoms with E-state index in [1.54, 1.807) is 6.21 Å². The van der Waals surface area contributed by atoms with Gasteiger partial charge >= 0.3 is 0 Å². The molecule has 0 radical (unpaired) electrons. The molecular formula is C18H22N2. The summed E-state index contributed by atoms with van der Waals surface area (Å²) in [5.41, 5.74) is 4.17. The molecule has 2 nitrogen and oxygen atoms in total. The lowest BCUT2D eigenvalue weighted by Crippen LogP contribution is -2.00.